The number of thioether (sulfide) groups is 2. The summed E-state index contributed by atoms with van der Waals surface area (Å²) in [6.07, 6.45) is 7.66. The maximum Gasteiger partial charge on any atom is 0.217 e. The summed E-state index contributed by atoms with van der Waals surface area (Å²) in [6.45, 7) is 6.38. The second-order valence-electron chi connectivity index (χ2n) is 6.57. The summed E-state index contributed by atoms with van der Waals surface area (Å²) in [4.78, 5) is 15.9. The molecule has 0 aliphatic carbocycles. The van der Waals surface area contributed by atoms with E-state index >= 15 is 0 Å². The Morgan fingerprint density at radius 2 is 1.35 bits per heavy atom. The van der Waals surface area contributed by atoms with Crippen molar-refractivity contribution in [3.63, 3.8) is 0 Å². The molecular formula is C23H28OS2. The van der Waals surface area contributed by atoms with E-state index in [2.05, 4.69) is 45.0 Å². The predicted octanol–water partition coefficient (Wildman–Crippen LogP) is 7.57. The second-order valence-corrected chi connectivity index (χ2v) is 8.85. The van der Waals surface area contributed by atoms with Crippen molar-refractivity contribution in [1.29, 1.82) is 0 Å². The monoisotopic (exact) mass is 384 g/mol. The van der Waals surface area contributed by atoms with Gasteiger partial charge in [-0.25, -0.2) is 0 Å². The van der Waals surface area contributed by atoms with Crippen LogP contribution < -0.4 is 0 Å². The van der Waals surface area contributed by atoms with Crippen molar-refractivity contribution in [3.05, 3.63) is 70.6 Å². The summed E-state index contributed by atoms with van der Waals surface area (Å²) in [5.74, 6) is 0. The zero-order valence-corrected chi connectivity index (χ0v) is 17.6. The van der Waals surface area contributed by atoms with E-state index in [1.165, 1.54) is 47.0 Å². The molecule has 1 nitrogen and oxygen atoms in total. The average molecular weight is 385 g/mol. The van der Waals surface area contributed by atoms with Crippen LogP contribution in [0.3, 0.4) is 0 Å². The van der Waals surface area contributed by atoms with Crippen LogP contribution in [0.1, 0.15) is 50.2 Å². The quantitative estimate of drug-likeness (QED) is 0.252. The van der Waals surface area contributed by atoms with Crippen LogP contribution in [0, 0.1) is 13.8 Å². The fourth-order valence-corrected chi connectivity index (χ4v) is 4.29. The van der Waals surface area contributed by atoms with Gasteiger partial charge < -0.3 is 0 Å². The highest BCUT2D eigenvalue weighted by Crippen LogP contribution is 2.32. The Hall–Kier alpha value is -1.45. The number of carbonyl (C=O) groups is 1. The second kappa shape index (κ2) is 11.3. The van der Waals surface area contributed by atoms with Crippen molar-refractivity contribution in [2.75, 3.05) is 0 Å². The lowest BCUT2D eigenvalue weighted by Gasteiger charge is -2.08. The van der Waals surface area contributed by atoms with Gasteiger partial charge in [-0.1, -0.05) is 73.3 Å². The molecular weight excluding hydrogens is 356 g/mol. The first kappa shape index (κ1) is 20.9. The van der Waals surface area contributed by atoms with Gasteiger partial charge in [-0.2, -0.15) is 0 Å². The minimum atomic E-state index is 0.110. The number of carbonyl (C=O) groups excluding carboxylic acids is 1. The molecule has 2 aromatic rings. The molecule has 138 valence electrons. The molecule has 0 radical (unpaired) electrons. The van der Waals surface area contributed by atoms with E-state index in [1.54, 1.807) is 11.8 Å². The molecule has 0 unspecified atom stereocenters. The Bertz CT molecular complexity index is 715. The zero-order valence-electron chi connectivity index (χ0n) is 16.0. The molecule has 0 saturated carbocycles. The Morgan fingerprint density at radius 1 is 0.808 bits per heavy atom. The Labute approximate surface area is 166 Å². The number of aryl methyl sites for hydroxylation is 2. The predicted molar refractivity (Wildman–Crippen MR) is 116 cm³/mol. The van der Waals surface area contributed by atoms with Gasteiger partial charge in [0.05, 0.1) is 0 Å². The van der Waals surface area contributed by atoms with Crippen molar-refractivity contribution < 1.29 is 4.79 Å². The minimum Gasteiger partial charge on any atom is -0.282 e. The van der Waals surface area contributed by atoms with E-state index in [-0.39, 0.29) is 5.12 Å². The molecule has 2 aromatic carbocycles. The highest BCUT2D eigenvalue weighted by Gasteiger charge is 2.07. The van der Waals surface area contributed by atoms with Crippen molar-refractivity contribution >= 4 is 28.6 Å². The molecule has 0 aliphatic heterocycles. The Balaban J connectivity index is 2.04. The molecule has 26 heavy (non-hydrogen) atoms. The number of hydrogen-bond donors (Lipinski definition) is 0. The van der Waals surface area contributed by atoms with Crippen molar-refractivity contribution in [1.82, 2.24) is 0 Å². The van der Waals surface area contributed by atoms with Crippen LogP contribution in [0.2, 0.25) is 0 Å². The summed E-state index contributed by atoms with van der Waals surface area (Å²) >= 11 is 3.03. The van der Waals surface area contributed by atoms with Gasteiger partial charge in [-0.3, -0.25) is 4.79 Å². The minimum absolute atomic E-state index is 0.110. The van der Waals surface area contributed by atoms with Crippen molar-refractivity contribution in [2.45, 2.75) is 62.7 Å². The first-order chi connectivity index (χ1) is 12.6. The molecule has 0 saturated heterocycles. The third kappa shape index (κ3) is 7.84. The van der Waals surface area contributed by atoms with E-state index in [4.69, 9.17) is 0 Å². The Morgan fingerprint density at radius 3 is 1.88 bits per heavy atom. The van der Waals surface area contributed by atoms with Crippen molar-refractivity contribution in [2.24, 2.45) is 0 Å². The molecule has 0 heterocycles. The molecule has 2 rings (SSSR count). The zero-order chi connectivity index (χ0) is 18.8. The van der Waals surface area contributed by atoms with Gasteiger partial charge in [-0.05, 0) is 67.6 Å². The molecule has 0 atom stereocenters. The lowest BCUT2D eigenvalue weighted by Crippen LogP contribution is -1.90. The van der Waals surface area contributed by atoms with Gasteiger partial charge in [-0.15, -0.1) is 0 Å². The molecule has 0 spiro atoms. The number of benzene rings is 2. The van der Waals surface area contributed by atoms with Gasteiger partial charge in [0.25, 0.3) is 0 Å². The maximum absolute atomic E-state index is 12.5. The largest absolute Gasteiger partial charge is 0.282 e. The number of allylic oxidation sites excluding steroid dienone is 1. The van der Waals surface area contributed by atoms with E-state index in [1.807, 2.05) is 30.3 Å². The molecule has 3 heteroatoms. The van der Waals surface area contributed by atoms with Crippen LogP contribution in [0.4, 0.5) is 0 Å². The first-order valence-corrected chi connectivity index (χ1v) is 10.9. The fraction of sp³-hybridized carbons (Fsp3) is 0.348. The standard InChI is InChI=1S/C23H28OS2/c1-4-5-6-7-8-22(25-20-13-9-18(2)10-14-20)17-23(24)26-21-15-11-19(3)12-16-21/h9-17H,4-8H2,1-3H3/b22-17-. The van der Waals surface area contributed by atoms with E-state index < -0.39 is 0 Å². The fourth-order valence-electron chi connectivity index (χ4n) is 2.52. The van der Waals surface area contributed by atoms with Gasteiger partial charge >= 0.3 is 0 Å². The third-order valence-corrected chi connectivity index (χ3v) is 5.98. The molecule has 0 fully saturated rings. The van der Waals surface area contributed by atoms with Crippen LogP contribution in [0.25, 0.3) is 0 Å². The number of rotatable bonds is 9. The molecule has 0 amide bonds. The molecule has 0 N–H and O–H groups in total. The highest BCUT2D eigenvalue weighted by atomic mass is 32.2. The van der Waals surface area contributed by atoms with E-state index in [0.29, 0.717) is 0 Å². The molecule has 0 aliphatic rings. The van der Waals surface area contributed by atoms with Crippen LogP contribution in [0.15, 0.2) is 69.3 Å². The SMILES string of the molecule is CCCCCC/C(=C/C(=O)Sc1ccc(C)cc1)Sc1ccc(C)cc1. The summed E-state index contributed by atoms with van der Waals surface area (Å²) < 4.78 is 0. The van der Waals surface area contributed by atoms with Crippen LogP contribution in [-0.4, -0.2) is 5.12 Å². The molecule has 0 aromatic heterocycles. The summed E-state index contributed by atoms with van der Waals surface area (Å²) in [5, 5.41) is 0.110. The number of hydrogen-bond acceptors (Lipinski definition) is 3. The van der Waals surface area contributed by atoms with Crippen LogP contribution in [-0.2, 0) is 4.79 Å². The topological polar surface area (TPSA) is 17.1 Å². The van der Waals surface area contributed by atoms with E-state index in [9.17, 15) is 4.79 Å². The highest BCUT2D eigenvalue weighted by molar-refractivity contribution is 8.14. The van der Waals surface area contributed by atoms with Gasteiger partial charge in [0.15, 0.2) is 0 Å². The lowest BCUT2D eigenvalue weighted by molar-refractivity contribution is -0.107. The normalized spacial score (nSPS) is 11.6. The Kier molecular flexibility index (Phi) is 9.07. The first-order valence-electron chi connectivity index (χ1n) is 9.30. The third-order valence-electron chi connectivity index (χ3n) is 4.06. The van der Waals surface area contributed by atoms with Crippen LogP contribution >= 0.6 is 23.5 Å². The molecule has 0 bridgehead atoms. The number of unbranched alkanes of at least 4 members (excludes halogenated alkanes) is 3. The van der Waals surface area contributed by atoms with Gasteiger partial charge in [0.2, 0.25) is 5.12 Å². The summed E-state index contributed by atoms with van der Waals surface area (Å²) in [7, 11) is 0. The van der Waals surface area contributed by atoms with Gasteiger partial charge in [0, 0.05) is 15.9 Å². The van der Waals surface area contributed by atoms with Crippen molar-refractivity contribution in [3.8, 4) is 0 Å². The van der Waals surface area contributed by atoms with Gasteiger partial charge in [0.1, 0.15) is 0 Å². The lowest BCUT2D eigenvalue weighted by atomic mass is 10.1. The smallest absolute Gasteiger partial charge is 0.217 e. The average Bonchev–Trinajstić information content (AvgIpc) is 2.62. The summed E-state index contributed by atoms with van der Waals surface area (Å²) in [6, 6.07) is 16.6. The summed E-state index contributed by atoms with van der Waals surface area (Å²) in [5.41, 5.74) is 2.47. The maximum atomic E-state index is 12.5. The van der Waals surface area contributed by atoms with E-state index in [0.717, 1.165) is 22.6 Å². The van der Waals surface area contributed by atoms with Crippen LogP contribution in [0.5, 0.6) is 0 Å².